The zero-order valence-corrected chi connectivity index (χ0v) is 18.1. The lowest BCUT2D eigenvalue weighted by Crippen LogP contribution is -2.27. The highest BCUT2D eigenvalue weighted by Crippen LogP contribution is 2.50. The van der Waals surface area contributed by atoms with Crippen LogP contribution in [0.15, 0.2) is 54.3 Å². The predicted molar refractivity (Wildman–Crippen MR) is 120 cm³/mol. The lowest BCUT2D eigenvalue weighted by atomic mass is 9.64. The summed E-state index contributed by atoms with van der Waals surface area (Å²) in [6.07, 6.45) is 9.62. The molecule has 152 valence electrons. The molecule has 0 bridgehead atoms. The third kappa shape index (κ3) is 3.89. The van der Waals surface area contributed by atoms with Gasteiger partial charge in [-0.15, -0.1) is 0 Å². The second-order valence-electron chi connectivity index (χ2n) is 9.47. The average Bonchev–Trinajstić information content (AvgIpc) is 2.58. The summed E-state index contributed by atoms with van der Waals surface area (Å²) in [4.78, 5) is 0. The molecule has 2 aromatic rings. The molecule has 0 atom stereocenters. The molecule has 0 unspecified atom stereocenters. The van der Waals surface area contributed by atoms with Crippen molar-refractivity contribution in [2.45, 2.75) is 46.0 Å². The van der Waals surface area contributed by atoms with Crippen molar-refractivity contribution >= 4 is 32.7 Å². The zero-order chi connectivity index (χ0) is 21.0. The number of allylic oxidation sites excluding steroid dienone is 4. The number of hydrogen-bond donors (Lipinski definition) is 2. The van der Waals surface area contributed by atoms with Crippen molar-refractivity contribution in [2.24, 2.45) is 5.41 Å². The van der Waals surface area contributed by atoms with E-state index >= 15 is 0 Å². The molecule has 5 heteroatoms. The Morgan fingerprint density at radius 1 is 1.07 bits per heavy atom. The summed E-state index contributed by atoms with van der Waals surface area (Å²) in [5.74, 6) is 0. The molecule has 4 nitrogen and oxygen atoms in total. The molecule has 2 aliphatic rings. The van der Waals surface area contributed by atoms with Crippen LogP contribution in [0.1, 0.15) is 57.2 Å². The normalized spacial score (nSPS) is 20.0. The van der Waals surface area contributed by atoms with Crippen LogP contribution in [0.3, 0.4) is 0 Å². The predicted octanol–water partition coefficient (Wildman–Crippen LogP) is 5.62. The van der Waals surface area contributed by atoms with Gasteiger partial charge in [0.1, 0.15) is 0 Å². The molecule has 2 aliphatic carbocycles. The van der Waals surface area contributed by atoms with Crippen molar-refractivity contribution in [2.75, 3.05) is 0 Å². The van der Waals surface area contributed by atoms with Crippen LogP contribution in [-0.4, -0.2) is 13.0 Å². The first-order valence-corrected chi connectivity index (χ1v) is 11.3. The molecule has 0 heterocycles. The van der Waals surface area contributed by atoms with Gasteiger partial charge < -0.3 is 0 Å². The lowest BCUT2D eigenvalue weighted by Gasteiger charge is -2.40. The Morgan fingerprint density at radius 3 is 2.52 bits per heavy atom. The van der Waals surface area contributed by atoms with Crippen molar-refractivity contribution in [3.63, 3.8) is 0 Å². The van der Waals surface area contributed by atoms with Gasteiger partial charge in [0.15, 0.2) is 0 Å². The molecule has 0 aliphatic heterocycles. The van der Waals surface area contributed by atoms with E-state index in [9.17, 15) is 8.42 Å². The maximum atomic E-state index is 10.9. The SMILES string of the molecule is CC1(C)C=CC2=C(C1)CC(C)(C)c1c2ccc2ccc(/C=C/NS(=O)(=O)O)cc12. The second-order valence-corrected chi connectivity index (χ2v) is 10.7. The van der Waals surface area contributed by atoms with Crippen LogP contribution in [0.2, 0.25) is 0 Å². The van der Waals surface area contributed by atoms with Gasteiger partial charge in [-0.3, -0.25) is 9.27 Å². The zero-order valence-electron chi connectivity index (χ0n) is 17.3. The van der Waals surface area contributed by atoms with Crippen LogP contribution in [0.5, 0.6) is 0 Å². The minimum atomic E-state index is -4.24. The summed E-state index contributed by atoms with van der Waals surface area (Å²) in [6.45, 7) is 9.19. The molecule has 0 amide bonds. The highest BCUT2D eigenvalue weighted by molar-refractivity contribution is 7.83. The van der Waals surface area contributed by atoms with Crippen LogP contribution in [-0.2, 0) is 15.7 Å². The largest absolute Gasteiger partial charge is 0.357 e. The van der Waals surface area contributed by atoms with E-state index in [2.05, 4.69) is 64.1 Å². The number of rotatable bonds is 3. The van der Waals surface area contributed by atoms with E-state index in [1.54, 1.807) is 6.08 Å². The topological polar surface area (TPSA) is 66.4 Å². The van der Waals surface area contributed by atoms with E-state index in [0.717, 1.165) is 18.4 Å². The van der Waals surface area contributed by atoms with Crippen molar-refractivity contribution in [1.82, 2.24) is 4.72 Å². The van der Waals surface area contributed by atoms with E-state index in [-0.39, 0.29) is 10.8 Å². The number of nitrogens with one attached hydrogen (secondary N) is 1. The van der Waals surface area contributed by atoms with Crippen molar-refractivity contribution in [3.05, 3.63) is 70.9 Å². The third-order valence-electron chi connectivity index (χ3n) is 5.91. The molecular weight excluding hydrogens is 382 g/mol. The first-order valence-electron chi connectivity index (χ1n) is 9.85. The maximum Gasteiger partial charge on any atom is 0.357 e. The number of benzene rings is 2. The first-order chi connectivity index (χ1) is 13.5. The van der Waals surface area contributed by atoms with Gasteiger partial charge in [0.25, 0.3) is 0 Å². The van der Waals surface area contributed by atoms with Crippen molar-refractivity contribution in [3.8, 4) is 0 Å². The van der Waals surface area contributed by atoms with Gasteiger partial charge in [-0.1, -0.05) is 69.7 Å². The highest BCUT2D eigenvalue weighted by Gasteiger charge is 2.36. The fraction of sp³-hybridized carbons (Fsp3) is 0.333. The van der Waals surface area contributed by atoms with Crippen molar-refractivity contribution in [1.29, 1.82) is 0 Å². The Bertz CT molecular complexity index is 1200. The smallest absolute Gasteiger partial charge is 0.269 e. The average molecular weight is 410 g/mol. The molecule has 0 fully saturated rings. The van der Waals surface area contributed by atoms with Gasteiger partial charge in [0.2, 0.25) is 0 Å². The van der Waals surface area contributed by atoms with Gasteiger partial charge in [0.05, 0.1) is 0 Å². The molecule has 0 spiro atoms. The van der Waals surface area contributed by atoms with Gasteiger partial charge in [-0.05, 0) is 68.8 Å². The van der Waals surface area contributed by atoms with E-state index in [1.807, 2.05) is 10.8 Å². The second kappa shape index (κ2) is 6.57. The summed E-state index contributed by atoms with van der Waals surface area (Å²) in [7, 11) is -4.24. The Morgan fingerprint density at radius 2 is 1.79 bits per heavy atom. The monoisotopic (exact) mass is 409 g/mol. The minimum absolute atomic E-state index is 0.00393. The van der Waals surface area contributed by atoms with Crippen LogP contribution in [0.4, 0.5) is 0 Å². The van der Waals surface area contributed by atoms with Crippen LogP contribution in [0, 0.1) is 5.41 Å². The van der Waals surface area contributed by atoms with E-state index < -0.39 is 10.3 Å². The Labute approximate surface area is 172 Å². The first kappa shape index (κ1) is 19.9. The van der Waals surface area contributed by atoms with E-state index in [4.69, 9.17) is 4.55 Å². The standard InChI is InChI=1S/C24H27NO3S/c1-23(2)11-9-19-18(14-23)15-24(3,4)22-20(19)8-7-17-6-5-16(13-21(17)22)10-12-25-29(26,27)28/h5-13,25H,14-15H2,1-4H3,(H,26,27,28)/b12-10+. The maximum absolute atomic E-state index is 10.9. The molecule has 2 N–H and O–H groups in total. The summed E-state index contributed by atoms with van der Waals surface area (Å²) < 4.78 is 32.6. The van der Waals surface area contributed by atoms with E-state index in [1.165, 1.54) is 39.2 Å². The summed E-state index contributed by atoms with van der Waals surface area (Å²) in [6, 6.07) is 10.5. The van der Waals surface area contributed by atoms with Crippen LogP contribution in [0.25, 0.3) is 22.4 Å². The quantitative estimate of drug-likeness (QED) is 0.646. The Balaban J connectivity index is 1.86. The molecule has 0 saturated heterocycles. The summed E-state index contributed by atoms with van der Waals surface area (Å²) in [5.41, 5.74) is 6.60. The molecule has 2 aromatic carbocycles. The minimum Gasteiger partial charge on any atom is -0.269 e. The molecule has 4 rings (SSSR count). The van der Waals surface area contributed by atoms with Crippen molar-refractivity contribution < 1.29 is 13.0 Å². The molecule has 0 aromatic heterocycles. The number of hydrogen-bond acceptors (Lipinski definition) is 2. The van der Waals surface area contributed by atoms with E-state index in [0.29, 0.717) is 0 Å². The fourth-order valence-electron chi connectivity index (χ4n) is 4.80. The highest BCUT2D eigenvalue weighted by atomic mass is 32.2. The van der Waals surface area contributed by atoms with Gasteiger partial charge in [0, 0.05) is 6.20 Å². The fourth-order valence-corrected chi connectivity index (χ4v) is 5.04. The van der Waals surface area contributed by atoms with Crippen LogP contribution >= 0.6 is 0 Å². The van der Waals surface area contributed by atoms with Gasteiger partial charge in [-0.2, -0.15) is 8.42 Å². The lowest BCUT2D eigenvalue weighted by molar-refractivity contribution is 0.429. The Hall–Kier alpha value is -2.37. The Kier molecular flexibility index (Phi) is 4.52. The molecule has 0 saturated carbocycles. The van der Waals surface area contributed by atoms with Gasteiger partial charge >= 0.3 is 10.3 Å². The third-order valence-corrected chi connectivity index (χ3v) is 6.35. The summed E-state index contributed by atoms with van der Waals surface area (Å²) >= 11 is 0. The van der Waals surface area contributed by atoms with Gasteiger partial charge in [-0.25, -0.2) is 0 Å². The number of fused-ring (bicyclic) bond motifs is 4. The molecule has 29 heavy (non-hydrogen) atoms. The van der Waals surface area contributed by atoms with Crippen LogP contribution < -0.4 is 4.72 Å². The summed E-state index contributed by atoms with van der Waals surface area (Å²) in [5, 5.41) is 2.35. The molecular formula is C24H27NO3S. The molecule has 0 radical (unpaired) electrons.